The third-order valence-corrected chi connectivity index (χ3v) is 4.79. The van der Waals surface area contributed by atoms with Gasteiger partial charge in [-0.25, -0.2) is 9.97 Å². The summed E-state index contributed by atoms with van der Waals surface area (Å²) in [7, 11) is 0. The Morgan fingerprint density at radius 3 is 2.45 bits per heavy atom. The fourth-order valence-electron chi connectivity index (χ4n) is 2.60. The van der Waals surface area contributed by atoms with E-state index in [9.17, 15) is 13.2 Å². The van der Waals surface area contributed by atoms with Crippen LogP contribution < -0.4 is 10.1 Å². The molecule has 9 heteroatoms. The summed E-state index contributed by atoms with van der Waals surface area (Å²) in [5.41, 5.74) is -0.102. The van der Waals surface area contributed by atoms with E-state index in [1.165, 1.54) is 12.3 Å². The summed E-state index contributed by atoms with van der Waals surface area (Å²) in [6, 6.07) is 12.3. The van der Waals surface area contributed by atoms with Gasteiger partial charge in [-0.1, -0.05) is 50.3 Å². The van der Waals surface area contributed by atoms with E-state index < -0.39 is 16.7 Å². The minimum Gasteiger partial charge on any atom is -0.437 e. The van der Waals surface area contributed by atoms with E-state index in [4.69, 9.17) is 10.00 Å². The number of nitrogens with zero attached hydrogens (tertiary/aromatic N) is 3. The maximum Gasteiger partial charge on any atom is 0.435 e. The first kappa shape index (κ1) is 20.6. The molecule has 0 fully saturated rings. The zero-order valence-electron chi connectivity index (χ0n) is 15.8. The van der Waals surface area contributed by atoms with Gasteiger partial charge >= 0.3 is 6.18 Å². The monoisotopic (exact) mass is 418 g/mol. The third-order valence-electron chi connectivity index (χ3n) is 3.91. The van der Waals surface area contributed by atoms with Crippen molar-refractivity contribution in [3.05, 3.63) is 58.7 Å². The lowest BCUT2D eigenvalue weighted by Crippen LogP contribution is -2.12. The SMILES string of the molecule is CC(C)(C)c1ccccc1Oc1ncccc1Nc1nc(C(F)(F)F)c(C#N)s1. The maximum atomic E-state index is 13.0. The summed E-state index contributed by atoms with van der Waals surface area (Å²) in [6.07, 6.45) is -3.19. The molecule has 0 radical (unpaired) electrons. The summed E-state index contributed by atoms with van der Waals surface area (Å²) in [5, 5.41) is 11.7. The lowest BCUT2D eigenvalue weighted by atomic mass is 9.86. The van der Waals surface area contributed by atoms with Crippen molar-refractivity contribution < 1.29 is 17.9 Å². The Kier molecular flexibility index (Phi) is 5.48. The van der Waals surface area contributed by atoms with Crippen LogP contribution in [-0.2, 0) is 11.6 Å². The van der Waals surface area contributed by atoms with Crippen LogP contribution in [0, 0.1) is 11.3 Å². The van der Waals surface area contributed by atoms with Crippen LogP contribution >= 0.6 is 11.3 Å². The maximum absolute atomic E-state index is 13.0. The largest absolute Gasteiger partial charge is 0.437 e. The van der Waals surface area contributed by atoms with E-state index in [0.29, 0.717) is 22.8 Å². The molecule has 0 bridgehead atoms. The second kappa shape index (κ2) is 7.72. The lowest BCUT2D eigenvalue weighted by Gasteiger charge is -2.22. The number of nitriles is 1. The molecule has 0 aliphatic heterocycles. The molecule has 1 aromatic carbocycles. The Morgan fingerprint density at radius 2 is 1.83 bits per heavy atom. The van der Waals surface area contributed by atoms with E-state index in [1.807, 2.05) is 39.0 Å². The second-order valence-corrected chi connectivity index (χ2v) is 8.13. The number of para-hydroxylation sites is 1. The number of rotatable bonds is 4. The molecule has 0 saturated heterocycles. The quantitative estimate of drug-likeness (QED) is 0.541. The van der Waals surface area contributed by atoms with Crippen molar-refractivity contribution in [1.82, 2.24) is 9.97 Å². The molecule has 0 aliphatic carbocycles. The van der Waals surface area contributed by atoms with Crippen molar-refractivity contribution in [2.75, 3.05) is 5.32 Å². The van der Waals surface area contributed by atoms with Gasteiger partial charge in [0.05, 0.1) is 0 Å². The number of halogens is 3. The van der Waals surface area contributed by atoms with Crippen LogP contribution in [0.15, 0.2) is 42.6 Å². The highest BCUT2D eigenvalue weighted by Gasteiger charge is 2.38. The number of pyridine rings is 1. The van der Waals surface area contributed by atoms with Gasteiger partial charge < -0.3 is 10.1 Å². The molecule has 0 aliphatic rings. The predicted molar refractivity (Wildman–Crippen MR) is 105 cm³/mol. The van der Waals surface area contributed by atoms with Crippen molar-refractivity contribution in [1.29, 1.82) is 5.26 Å². The van der Waals surface area contributed by atoms with E-state index >= 15 is 0 Å². The van der Waals surface area contributed by atoms with Gasteiger partial charge in [0.1, 0.15) is 22.4 Å². The Morgan fingerprint density at radius 1 is 1.10 bits per heavy atom. The summed E-state index contributed by atoms with van der Waals surface area (Å²) in [4.78, 5) is 7.22. The molecule has 0 unspecified atom stereocenters. The smallest absolute Gasteiger partial charge is 0.435 e. The zero-order valence-corrected chi connectivity index (χ0v) is 16.6. The fraction of sp³-hybridized carbons (Fsp3) is 0.250. The highest BCUT2D eigenvalue weighted by atomic mass is 32.1. The molecule has 29 heavy (non-hydrogen) atoms. The van der Waals surface area contributed by atoms with Gasteiger partial charge in [0, 0.05) is 11.8 Å². The third kappa shape index (κ3) is 4.66. The van der Waals surface area contributed by atoms with Crippen molar-refractivity contribution in [3.8, 4) is 17.7 Å². The first-order valence-corrected chi connectivity index (χ1v) is 9.39. The van der Waals surface area contributed by atoms with Gasteiger partial charge in [-0.2, -0.15) is 18.4 Å². The minimum atomic E-state index is -4.71. The number of hydrogen-bond donors (Lipinski definition) is 1. The van der Waals surface area contributed by atoms with E-state index in [2.05, 4.69) is 15.3 Å². The fourth-order valence-corrected chi connectivity index (χ4v) is 3.40. The van der Waals surface area contributed by atoms with Crippen LogP contribution in [0.1, 0.15) is 36.9 Å². The molecular weight excluding hydrogens is 401 g/mol. The molecule has 150 valence electrons. The van der Waals surface area contributed by atoms with Crippen LogP contribution in [0.2, 0.25) is 0 Å². The van der Waals surface area contributed by atoms with Crippen LogP contribution in [0.25, 0.3) is 0 Å². The summed E-state index contributed by atoms with van der Waals surface area (Å²) in [6.45, 7) is 6.14. The van der Waals surface area contributed by atoms with Crippen LogP contribution in [-0.4, -0.2) is 9.97 Å². The van der Waals surface area contributed by atoms with Crippen molar-refractivity contribution in [2.45, 2.75) is 32.4 Å². The van der Waals surface area contributed by atoms with Crippen molar-refractivity contribution >= 4 is 22.2 Å². The first-order chi connectivity index (χ1) is 13.6. The first-order valence-electron chi connectivity index (χ1n) is 8.57. The molecule has 2 heterocycles. The number of anilines is 2. The number of alkyl halides is 3. The van der Waals surface area contributed by atoms with Gasteiger partial charge in [-0.05, 0) is 23.6 Å². The highest BCUT2D eigenvalue weighted by Crippen LogP contribution is 2.39. The second-order valence-electron chi connectivity index (χ2n) is 7.14. The average molecular weight is 418 g/mol. The molecule has 0 spiro atoms. The van der Waals surface area contributed by atoms with E-state index in [-0.39, 0.29) is 16.4 Å². The Hall–Kier alpha value is -3.12. The molecule has 5 nitrogen and oxygen atoms in total. The Labute approximate surface area is 169 Å². The Bertz CT molecular complexity index is 1060. The average Bonchev–Trinajstić information content (AvgIpc) is 3.06. The predicted octanol–water partition coefficient (Wildman–Crippen LogP) is 6.26. The minimum absolute atomic E-state index is 0.0733. The molecule has 2 aromatic heterocycles. The van der Waals surface area contributed by atoms with Crippen molar-refractivity contribution in [3.63, 3.8) is 0 Å². The topological polar surface area (TPSA) is 70.8 Å². The number of nitrogens with one attached hydrogen (secondary N) is 1. The zero-order chi connectivity index (χ0) is 21.2. The standard InChI is InChI=1S/C20H17F3N4OS/c1-19(2,3)12-7-4-5-9-14(12)28-17-13(8-6-10-25-17)26-18-27-16(20(21,22)23)15(11-24)29-18/h4-10H,1-3H3,(H,26,27). The number of ether oxygens (including phenoxy) is 1. The van der Waals surface area contributed by atoms with Crippen molar-refractivity contribution in [2.24, 2.45) is 0 Å². The molecular formula is C20H17F3N4OS. The lowest BCUT2D eigenvalue weighted by molar-refractivity contribution is -0.140. The van der Waals surface area contributed by atoms with Gasteiger partial charge in [-0.15, -0.1) is 0 Å². The van der Waals surface area contributed by atoms with Gasteiger partial charge in [0.15, 0.2) is 10.8 Å². The number of benzene rings is 1. The van der Waals surface area contributed by atoms with Gasteiger partial charge in [-0.3, -0.25) is 0 Å². The molecule has 1 N–H and O–H groups in total. The normalized spacial score (nSPS) is 11.8. The number of aromatic nitrogens is 2. The van der Waals surface area contributed by atoms with Crippen LogP contribution in [0.5, 0.6) is 11.6 Å². The summed E-state index contributed by atoms with van der Waals surface area (Å²) < 4.78 is 45.1. The number of hydrogen-bond acceptors (Lipinski definition) is 6. The highest BCUT2D eigenvalue weighted by molar-refractivity contribution is 7.16. The molecule has 0 saturated carbocycles. The number of thiazole rings is 1. The van der Waals surface area contributed by atoms with Gasteiger partial charge in [0.25, 0.3) is 0 Å². The summed E-state index contributed by atoms with van der Waals surface area (Å²) in [5.74, 6) is 0.779. The van der Waals surface area contributed by atoms with E-state index in [1.54, 1.807) is 18.2 Å². The van der Waals surface area contributed by atoms with Gasteiger partial charge in [0.2, 0.25) is 5.88 Å². The van der Waals surface area contributed by atoms with Crippen LogP contribution in [0.3, 0.4) is 0 Å². The molecule has 0 amide bonds. The molecule has 0 atom stereocenters. The van der Waals surface area contributed by atoms with Crippen LogP contribution in [0.4, 0.5) is 24.0 Å². The molecule has 3 rings (SSSR count). The molecule has 3 aromatic rings. The van der Waals surface area contributed by atoms with E-state index in [0.717, 1.165) is 5.56 Å². The Balaban J connectivity index is 1.94. The summed E-state index contributed by atoms with van der Waals surface area (Å²) >= 11 is 0.617.